The monoisotopic (exact) mass is 396 g/mol. The average Bonchev–Trinajstić information content (AvgIpc) is 2.79. The van der Waals surface area contributed by atoms with Gasteiger partial charge in [-0.25, -0.2) is 0 Å². The number of nitrogens with one attached hydrogen (secondary N) is 1. The maximum atomic E-state index is 11.2. The van der Waals surface area contributed by atoms with Crippen molar-refractivity contribution in [3.63, 3.8) is 0 Å². The number of benzene rings is 4. The lowest BCUT2D eigenvalue weighted by atomic mass is 10.1. The molecule has 0 unspecified atom stereocenters. The van der Waals surface area contributed by atoms with Gasteiger partial charge in [-0.15, -0.1) is 10.2 Å². The van der Waals surface area contributed by atoms with Crippen LogP contribution in [-0.2, 0) is 0 Å². The molecule has 4 rings (SSSR count). The minimum Gasteiger partial charge on any atom is -0.258 e. The van der Waals surface area contributed by atoms with Crippen molar-refractivity contribution in [2.75, 3.05) is 5.43 Å². The highest BCUT2D eigenvalue weighted by Gasteiger charge is 2.13. The predicted octanol–water partition coefficient (Wildman–Crippen LogP) is 7.27. The standard InChI is InChI=1S/C22H16N6O2/c29-28(30)22-15-14-19(17-10-4-5-11-18(17)22)25-27-26-21-13-7-6-12-20(21)24-23-16-8-2-1-3-9-16/h1-15H,(H,25,26). The van der Waals surface area contributed by atoms with Gasteiger partial charge in [0.05, 0.1) is 27.4 Å². The summed E-state index contributed by atoms with van der Waals surface area (Å²) in [5, 5.41) is 29.2. The molecule has 0 aromatic heterocycles. The van der Waals surface area contributed by atoms with Gasteiger partial charge in [0.15, 0.2) is 0 Å². The lowest BCUT2D eigenvalue weighted by molar-refractivity contribution is -0.383. The van der Waals surface area contributed by atoms with Gasteiger partial charge >= 0.3 is 0 Å². The molecule has 8 nitrogen and oxygen atoms in total. The van der Waals surface area contributed by atoms with E-state index in [1.165, 1.54) is 6.07 Å². The summed E-state index contributed by atoms with van der Waals surface area (Å²) >= 11 is 0. The number of nitro groups is 1. The molecule has 0 amide bonds. The highest BCUT2D eigenvalue weighted by molar-refractivity contribution is 5.98. The molecule has 0 saturated carbocycles. The molecule has 8 heteroatoms. The molecule has 0 heterocycles. The van der Waals surface area contributed by atoms with Gasteiger partial charge in [0.2, 0.25) is 0 Å². The molecule has 0 saturated heterocycles. The smallest absolute Gasteiger partial charge is 0.258 e. The first kappa shape index (κ1) is 18.9. The van der Waals surface area contributed by atoms with Crippen LogP contribution in [0.25, 0.3) is 10.8 Å². The number of azo groups is 1. The third-order valence-electron chi connectivity index (χ3n) is 4.34. The van der Waals surface area contributed by atoms with Crippen LogP contribution >= 0.6 is 0 Å². The van der Waals surface area contributed by atoms with E-state index in [-0.39, 0.29) is 5.69 Å². The van der Waals surface area contributed by atoms with Crippen molar-refractivity contribution in [1.82, 2.24) is 0 Å². The number of hydrogen-bond acceptors (Lipinski definition) is 6. The van der Waals surface area contributed by atoms with E-state index < -0.39 is 4.92 Å². The molecule has 0 aliphatic rings. The van der Waals surface area contributed by atoms with Gasteiger partial charge in [0, 0.05) is 11.5 Å². The van der Waals surface area contributed by atoms with E-state index in [9.17, 15) is 10.1 Å². The number of para-hydroxylation sites is 1. The van der Waals surface area contributed by atoms with Gasteiger partial charge in [-0.2, -0.15) is 5.11 Å². The fourth-order valence-corrected chi connectivity index (χ4v) is 2.91. The molecule has 146 valence electrons. The molecule has 0 fully saturated rings. The summed E-state index contributed by atoms with van der Waals surface area (Å²) in [4.78, 5) is 10.8. The second-order valence-electron chi connectivity index (χ2n) is 6.27. The Morgan fingerprint density at radius 2 is 1.37 bits per heavy atom. The molecule has 1 N–H and O–H groups in total. The summed E-state index contributed by atoms with van der Waals surface area (Å²) in [7, 11) is 0. The lowest BCUT2D eigenvalue weighted by Gasteiger charge is -2.04. The number of rotatable bonds is 6. The van der Waals surface area contributed by atoms with Crippen LogP contribution in [0.2, 0.25) is 0 Å². The third-order valence-corrected chi connectivity index (χ3v) is 4.34. The van der Waals surface area contributed by atoms with E-state index in [0.717, 1.165) is 5.69 Å². The summed E-state index contributed by atoms with van der Waals surface area (Å²) in [5.41, 5.74) is 5.40. The minimum atomic E-state index is -0.407. The Morgan fingerprint density at radius 1 is 0.667 bits per heavy atom. The SMILES string of the molecule is O=[N+]([O-])c1ccc(N=NNc2ccccc2N=Nc2ccccc2)c2ccccc12. The molecule has 0 atom stereocenters. The Kier molecular flexibility index (Phi) is 5.47. The van der Waals surface area contributed by atoms with E-state index in [4.69, 9.17) is 0 Å². The lowest BCUT2D eigenvalue weighted by Crippen LogP contribution is -1.90. The quantitative estimate of drug-likeness (QED) is 0.210. The minimum absolute atomic E-state index is 0.0316. The summed E-state index contributed by atoms with van der Waals surface area (Å²) < 4.78 is 0. The topological polar surface area (TPSA) is 105 Å². The van der Waals surface area contributed by atoms with Gasteiger partial charge in [-0.1, -0.05) is 53.8 Å². The number of nitro benzene ring substituents is 1. The number of fused-ring (bicyclic) bond motifs is 1. The van der Waals surface area contributed by atoms with Crippen LogP contribution in [0.5, 0.6) is 0 Å². The summed E-state index contributed by atoms with van der Waals surface area (Å²) in [5.74, 6) is 0. The summed E-state index contributed by atoms with van der Waals surface area (Å²) in [6.07, 6.45) is 0. The van der Waals surface area contributed by atoms with Crippen molar-refractivity contribution in [2.24, 2.45) is 20.6 Å². The van der Waals surface area contributed by atoms with Gasteiger partial charge in [-0.3, -0.25) is 15.5 Å². The van der Waals surface area contributed by atoms with Crippen molar-refractivity contribution in [3.05, 3.63) is 101 Å². The molecule has 0 bridgehead atoms. The van der Waals surface area contributed by atoms with Gasteiger partial charge < -0.3 is 0 Å². The zero-order valence-electron chi connectivity index (χ0n) is 15.7. The maximum absolute atomic E-state index is 11.2. The maximum Gasteiger partial charge on any atom is 0.277 e. The zero-order valence-corrected chi connectivity index (χ0v) is 15.7. The van der Waals surface area contributed by atoms with Crippen LogP contribution < -0.4 is 5.43 Å². The molecular formula is C22H16N6O2. The number of nitrogens with zero attached hydrogens (tertiary/aromatic N) is 5. The second-order valence-corrected chi connectivity index (χ2v) is 6.27. The average molecular weight is 396 g/mol. The summed E-state index contributed by atoms with van der Waals surface area (Å²) in [6, 6.07) is 26.8. The van der Waals surface area contributed by atoms with Crippen LogP contribution in [0.3, 0.4) is 0 Å². The Balaban J connectivity index is 1.58. The van der Waals surface area contributed by atoms with Crippen LogP contribution in [0.4, 0.5) is 28.4 Å². The molecule has 4 aromatic carbocycles. The van der Waals surface area contributed by atoms with Crippen LogP contribution in [-0.4, -0.2) is 4.92 Å². The van der Waals surface area contributed by atoms with Gasteiger partial charge in [-0.05, 0) is 36.4 Å². The molecule has 0 spiro atoms. The molecule has 30 heavy (non-hydrogen) atoms. The van der Waals surface area contributed by atoms with Crippen molar-refractivity contribution in [1.29, 1.82) is 0 Å². The molecular weight excluding hydrogens is 380 g/mol. The largest absolute Gasteiger partial charge is 0.277 e. The normalized spacial score (nSPS) is 11.3. The molecule has 0 aliphatic carbocycles. The highest BCUT2D eigenvalue weighted by atomic mass is 16.6. The fraction of sp³-hybridized carbons (Fsp3) is 0. The Morgan fingerprint density at radius 3 is 2.17 bits per heavy atom. The van der Waals surface area contributed by atoms with E-state index in [2.05, 4.69) is 26.0 Å². The molecule has 0 radical (unpaired) electrons. The van der Waals surface area contributed by atoms with E-state index >= 15 is 0 Å². The first-order valence-corrected chi connectivity index (χ1v) is 9.11. The third kappa shape index (κ3) is 4.17. The van der Waals surface area contributed by atoms with E-state index in [1.54, 1.807) is 30.3 Å². The number of non-ortho nitro benzene ring substituents is 1. The Bertz CT molecular complexity index is 1250. The van der Waals surface area contributed by atoms with Crippen LogP contribution in [0.1, 0.15) is 0 Å². The van der Waals surface area contributed by atoms with Crippen molar-refractivity contribution >= 4 is 39.2 Å². The van der Waals surface area contributed by atoms with Crippen molar-refractivity contribution in [2.45, 2.75) is 0 Å². The number of hydrogen-bond donors (Lipinski definition) is 1. The van der Waals surface area contributed by atoms with Gasteiger partial charge in [0.25, 0.3) is 5.69 Å². The van der Waals surface area contributed by atoms with Crippen molar-refractivity contribution < 1.29 is 4.92 Å². The second kappa shape index (κ2) is 8.70. The zero-order chi connectivity index (χ0) is 20.8. The van der Waals surface area contributed by atoms with Gasteiger partial charge in [0.1, 0.15) is 5.69 Å². The summed E-state index contributed by atoms with van der Waals surface area (Å²) in [6.45, 7) is 0. The number of anilines is 1. The van der Waals surface area contributed by atoms with Crippen molar-refractivity contribution in [3.8, 4) is 0 Å². The Labute approximate surface area is 171 Å². The molecule has 0 aliphatic heterocycles. The first-order valence-electron chi connectivity index (χ1n) is 9.11. The predicted molar refractivity (Wildman–Crippen MR) is 116 cm³/mol. The van der Waals surface area contributed by atoms with Crippen LogP contribution in [0, 0.1) is 10.1 Å². The van der Waals surface area contributed by atoms with Crippen LogP contribution in [0.15, 0.2) is 112 Å². The van der Waals surface area contributed by atoms with E-state index in [0.29, 0.717) is 27.8 Å². The highest BCUT2D eigenvalue weighted by Crippen LogP contribution is 2.33. The Hall–Kier alpha value is -4.46. The molecule has 4 aromatic rings. The first-order chi connectivity index (χ1) is 14.7. The fourth-order valence-electron chi connectivity index (χ4n) is 2.91. The van der Waals surface area contributed by atoms with E-state index in [1.807, 2.05) is 54.6 Å².